The van der Waals surface area contributed by atoms with Crippen LogP contribution in [0.15, 0.2) is 58.1 Å². The average Bonchev–Trinajstić information content (AvgIpc) is 3.35. The Labute approximate surface area is 188 Å². The van der Waals surface area contributed by atoms with Crippen LogP contribution in [0.3, 0.4) is 0 Å². The second kappa shape index (κ2) is 7.99. The largest absolute Gasteiger partial charge is 0.494 e. The molecule has 4 rings (SSSR count). The van der Waals surface area contributed by atoms with E-state index in [4.69, 9.17) is 22.1 Å². The van der Waals surface area contributed by atoms with Gasteiger partial charge in [0.25, 0.3) is 21.8 Å². The predicted molar refractivity (Wildman–Crippen MR) is 118 cm³/mol. The Bertz CT molecular complexity index is 1290. The lowest BCUT2D eigenvalue weighted by Crippen LogP contribution is -2.35. The van der Waals surface area contributed by atoms with Gasteiger partial charge in [-0.2, -0.15) is 8.42 Å². The van der Waals surface area contributed by atoms with Gasteiger partial charge in [0.05, 0.1) is 28.8 Å². The van der Waals surface area contributed by atoms with Crippen LogP contribution in [0.25, 0.3) is 0 Å². The van der Waals surface area contributed by atoms with Crippen LogP contribution in [0.4, 0.5) is 5.69 Å². The fourth-order valence-electron chi connectivity index (χ4n) is 3.70. The maximum Gasteiger partial charge on any atom is 0.280 e. The molecule has 0 saturated heterocycles. The van der Waals surface area contributed by atoms with Crippen molar-refractivity contribution in [2.24, 2.45) is 5.73 Å². The zero-order valence-corrected chi connectivity index (χ0v) is 18.6. The number of fused-ring (bicyclic) bond motifs is 1. The molecule has 160 valence electrons. The summed E-state index contributed by atoms with van der Waals surface area (Å²) in [5.41, 5.74) is 6.12. The number of hydrogen-bond acceptors (Lipinski definition) is 6. The summed E-state index contributed by atoms with van der Waals surface area (Å²) in [4.78, 5) is 25.9. The molecule has 1 aromatic heterocycles. The van der Waals surface area contributed by atoms with Gasteiger partial charge in [-0.25, -0.2) is 4.31 Å². The van der Waals surface area contributed by atoms with E-state index in [0.717, 1.165) is 15.6 Å². The average molecular weight is 477 g/mol. The summed E-state index contributed by atoms with van der Waals surface area (Å²) in [6.45, 7) is 2.13. The molecule has 2 amide bonds. The molecule has 10 heteroatoms. The number of primary amides is 1. The van der Waals surface area contributed by atoms with Crippen molar-refractivity contribution in [3.05, 3.63) is 75.6 Å². The van der Waals surface area contributed by atoms with Crippen molar-refractivity contribution >= 4 is 50.5 Å². The van der Waals surface area contributed by atoms with Gasteiger partial charge in [0.2, 0.25) is 0 Å². The number of hydrogen-bond donors (Lipinski definition) is 1. The minimum absolute atomic E-state index is 0.00104. The second-order valence-electron chi connectivity index (χ2n) is 6.66. The minimum atomic E-state index is -4.21. The van der Waals surface area contributed by atoms with Gasteiger partial charge in [-0.3, -0.25) is 9.59 Å². The molecule has 0 fully saturated rings. The fraction of sp³-hybridized carbons (Fsp3) is 0.143. The van der Waals surface area contributed by atoms with Crippen molar-refractivity contribution in [2.75, 3.05) is 10.9 Å². The van der Waals surface area contributed by atoms with Crippen molar-refractivity contribution in [2.45, 2.75) is 17.1 Å². The van der Waals surface area contributed by atoms with Crippen LogP contribution in [0.2, 0.25) is 5.02 Å². The smallest absolute Gasteiger partial charge is 0.280 e. The SMILES string of the molecule is CCOc1ccccc1C1C(=O)N(S(=O)(=O)c2cccs2)c2ccc(Cl)c(C(N)=O)c21. The number of ether oxygens (including phenoxy) is 1. The summed E-state index contributed by atoms with van der Waals surface area (Å²) in [7, 11) is -4.21. The van der Waals surface area contributed by atoms with Crippen molar-refractivity contribution in [1.82, 2.24) is 0 Å². The zero-order chi connectivity index (χ0) is 22.3. The Kier molecular flexibility index (Phi) is 5.50. The van der Waals surface area contributed by atoms with Crippen LogP contribution in [0.5, 0.6) is 5.75 Å². The molecule has 0 bridgehead atoms. The molecular formula is C21H17ClN2O5S2. The Hall–Kier alpha value is -2.88. The van der Waals surface area contributed by atoms with Crippen LogP contribution in [0.1, 0.15) is 34.3 Å². The topological polar surface area (TPSA) is 107 Å². The number of halogens is 1. The molecule has 0 saturated carbocycles. The summed E-state index contributed by atoms with van der Waals surface area (Å²) in [6, 6.07) is 12.5. The first kappa shape index (κ1) is 21.4. The number of nitrogens with zero attached hydrogens (tertiary/aromatic N) is 1. The molecule has 1 unspecified atom stereocenters. The van der Waals surface area contributed by atoms with E-state index in [1.165, 1.54) is 18.2 Å². The number of thiophene rings is 1. The highest BCUT2D eigenvalue weighted by molar-refractivity contribution is 7.95. The second-order valence-corrected chi connectivity index (χ2v) is 10.0. The first-order valence-corrected chi connectivity index (χ1v) is 11.9. The number of rotatable bonds is 6. The summed E-state index contributed by atoms with van der Waals surface area (Å²) in [5.74, 6) is -2.32. The van der Waals surface area contributed by atoms with Gasteiger partial charge in [-0.05, 0) is 36.6 Å². The van der Waals surface area contributed by atoms with E-state index >= 15 is 0 Å². The molecule has 2 aromatic carbocycles. The van der Waals surface area contributed by atoms with Crippen LogP contribution in [-0.4, -0.2) is 26.8 Å². The Morgan fingerprint density at radius 2 is 1.94 bits per heavy atom. The molecule has 1 aliphatic heterocycles. The summed E-state index contributed by atoms with van der Waals surface area (Å²) in [6.07, 6.45) is 0. The third-order valence-corrected chi connectivity index (χ3v) is 8.29. The molecule has 0 aliphatic carbocycles. The number of benzene rings is 2. The van der Waals surface area contributed by atoms with E-state index in [-0.39, 0.29) is 26.0 Å². The first-order chi connectivity index (χ1) is 14.8. The lowest BCUT2D eigenvalue weighted by molar-refractivity contribution is -0.117. The molecule has 0 spiro atoms. The van der Waals surface area contributed by atoms with Crippen molar-refractivity contribution in [3.8, 4) is 5.75 Å². The number of sulfonamides is 1. The molecular weight excluding hydrogens is 460 g/mol. The molecule has 2 heterocycles. The van der Waals surface area contributed by atoms with Crippen LogP contribution in [-0.2, 0) is 14.8 Å². The van der Waals surface area contributed by atoms with Gasteiger partial charge in [-0.15, -0.1) is 11.3 Å². The van der Waals surface area contributed by atoms with Gasteiger partial charge in [0, 0.05) is 11.1 Å². The Morgan fingerprint density at radius 1 is 1.19 bits per heavy atom. The molecule has 7 nitrogen and oxygen atoms in total. The highest BCUT2D eigenvalue weighted by Gasteiger charge is 2.48. The minimum Gasteiger partial charge on any atom is -0.494 e. The fourth-order valence-corrected chi connectivity index (χ4v) is 6.48. The number of carbonyl (C=O) groups is 2. The number of para-hydroxylation sites is 1. The van der Waals surface area contributed by atoms with E-state index < -0.39 is 27.8 Å². The third-order valence-electron chi connectivity index (χ3n) is 4.89. The molecule has 3 aromatic rings. The van der Waals surface area contributed by atoms with Crippen LogP contribution < -0.4 is 14.8 Å². The maximum atomic E-state index is 13.6. The normalized spacial score (nSPS) is 15.7. The molecule has 1 aliphatic rings. The number of anilines is 1. The highest BCUT2D eigenvalue weighted by atomic mass is 35.5. The van der Waals surface area contributed by atoms with Gasteiger partial charge in [-0.1, -0.05) is 35.9 Å². The standard InChI is InChI=1S/C21H17ClN2O5S2/c1-2-29-15-7-4-3-6-12(15)17-19-14(10-9-13(22)18(19)20(23)25)24(21(17)26)31(27,28)16-8-5-11-30-16/h3-11,17H,2H2,1H3,(H2,23,25). The summed E-state index contributed by atoms with van der Waals surface area (Å²) < 4.78 is 33.1. The third kappa shape index (κ3) is 3.38. The van der Waals surface area contributed by atoms with Crippen LogP contribution in [0, 0.1) is 0 Å². The van der Waals surface area contributed by atoms with E-state index in [1.807, 2.05) is 0 Å². The lowest BCUT2D eigenvalue weighted by Gasteiger charge is -2.18. The van der Waals surface area contributed by atoms with Crippen LogP contribution >= 0.6 is 22.9 Å². The van der Waals surface area contributed by atoms with Crippen molar-refractivity contribution < 1.29 is 22.7 Å². The molecule has 0 radical (unpaired) electrons. The van der Waals surface area contributed by atoms with Crippen molar-refractivity contribution in [3.63, 3.8) is 0 Å². The molecule has 2 N–H and O–H groups in total. The van der Waals surface area contributed by atoms with Gasteiger partial charge in [0.15, 0.2) is 0 Å². The van der Waals surface area contributed by atoms with E-state index in [9.17, 15) is 18.0 Å². The first-order valence-electron chi connectivity index (χ1n) is 9.25. The molecule has 31 heavy (non-hydrogen) atoms. The highest BCUT2D eigenvalue weighted by Crippen LogP contribution is 2.49. The maximum absolute atomic E-state index is 13.6. The van der Waals surface area contributed by atoms with Gasteiger partial charge < -0.3 is 10.5 Å². The predicted octanol–water partition coefficient (Wildman–Crippen LogP) is 3.77. The number of nitrogens with two attached hydrogens (primary N) is 1. The van der Waals surface area contributed by atoms with E-state index in [2.05, 4.69) is 0 Å². The van der Waals surface area contributed by atoms with Gasteiger partial charge >= 0.3 is 0 Å². The number of amides is 2. The zero-order valence-electron chi connectivity index (χ0n) is 16.2. The monoisotopic (exact) mass is 476 g/mol. The van der Waals surface area contributed by atoms with E-state index in [1.54, 1.807) is 42.6 Å². The van der Waals surface area contributed by atoms with E-state index in [0.29, 0.717) is 17.9 Å². The summed E-state index contributed by atoms with van der Waals surface area (Å²) in [5, 5.41) is 1.64. The van der Waals surface area contributed by atoms with Gasteiger partial charge in [0.1, 0.15) is 9.96 Å². The Balaban J connectivity index is 2.03. The Morgan fingerprint density at radius 3 is 2.58 bits per heavy atom. The number of carbonyl (C=O) groups excluding carboxylic acids is 2. The molecule has 1 atom stereocenters. The lowest BCUT2D eigenvalue weighted by atomic mass is 9.88. The van der Waals surface area contributed by atoms with Crippen molar-refractivity contribution in [1.29, 1.82) is 0 Å². The quantitative estimate of drug-likeness (QED) is 0.582. The summed E-state index contributed by atoms with van der Waals surface area (Å²) >= 11 is 7.25.